The quantitative estimate of drug-likeness (QED) is 0.345. The van der Waals surface area contributed by atoms with Crippen LogP contribution in [0.2, 0.25) is 0 Å². The van der Waals surface area contributed by atoms with Crippen molar-refractivity contribution in [3.63, 3.8) is 0 Å². The molecule has 0 spiro atoms. The highest BCUT2D eigenvalue weighted by molar-refractivity contribution is 5.96. The van der Waals surface area contributed by atoms with Crippen molar-refractivity contribution < 1.29 is 29.0 Å². The fraction of sp³-hybridized carbons (Fsp3) is 0.353. The lowest BCUT2D eigenvalue weighted by atomic mass is 9.98. The maximum absolute atomic E-state index is 14.1. The van der Waals surface area contributed by atoms with Crippen molar-refractivity contribution in [2.24, 2.45) is 0 Å². The van der Waals surface area contributed by atoms with Gasteiger partial charge in [-0.2, -0.15) is 0 Å². The molecule has 1 heterocycles. The second-order valence-corrected chi connectivity index (χ2v) is 11.8. The molecule has 0 aliphatic carbocycles. The zero-order valence-corrected chi connectivity index (χ0v) is 25.4. The summed E-state index contributed by atoms with van der Waals surface area (Å²) in [5, 5.41) is 12.9. The lowest BCUT2D eigenvalue weighted by Crippen LogP contribution is -2.59. The summed E-state index contributed by atoms with van der Waals surface area (Å²) in [7, 11) is 0. The average Bonchev–Trinajstić information content (AvgIpc) is 3.44. The Balaban J connectivity index is 1.72. The minimum atomic E-state index is -1.78. The van der Waals surface area contributed by atoms with Crippen LogP contribution < -0.4 is 5.43 Å². The smallest absolute Gasteiger partial charge is 0.426 e. The molecule has 1 fully saturated rings. The number of carbonyl (C=O) groups excluding carboxylic acids is 4. The highest BCUT2D eigenvalue weighted by Crippen LogP contribution is 2.23. The summed E-state index contributed by atoms with van der Waals surface area (Å²) in [5.41, 5.74) is 3.90. The van der Waals surface area contributed by atoms with Gasteiger partial charge < -0.3 is 14.7 Å². The third-order valence-corrected chi connectivity index (χ3v) is 7.13. The van der Waals surface area contributed by atoms with E-state index in [4.69, 9.17) is 4.74 Å². The van der Waals surface area contributed by atoms with Gasteiger partial charge in [-0.05, 0) is 50.3 Å². The molecule has 4 rings (SSSR count). The third-order valence-electron chi connectivity index (χ3n) is 7.13. The Morgan fingerprint density at radius 1 is 0.864 bits per heavy atom. The first kappa shape index (κ1) is 32.2. The van der Waals surface area contributed by atoms with Gasteiger partial charge in [0.2, 0.25) is 5.91 Å². The number of likely N-dealkylation sites (tertiary alicyclic amines) is 1. The van der Waals surface area contributed by atoms with Crippen molar-refractivity contribution in [2.45, 2.75) is 70.9 Å². The van der Waals surface area contributed by atoms with E-state index in [1.165, 1.54) is 9.80 Å². The minimum absolute atomic E-state index is 0.0451. The second-order valence-electron chi connectivity index (χ2n) is 11.8. The van der Waals surface area contributed by atoms with Crippen molar-refractivity contribution >= 4 is 23.9 Å². The predicted molar refractivity (Wildman–Crippen MR) is 165 cm³/mol. The van der Waals surface area contributed by atoms with E-state index in [0.717, 1.165) is 16.1 Å². The van der Waals surface area contributed by atoms with Gasteiger partial charge in [-0.3, -0.25) is 14.5 Å². The van der Waals surface area contributed by atoms with E-state index in [2.05, 4.69) is 5.43 Å². The largest absolute Gasteiger partial charge is 0.443 e. The number of benzene rings is 3. The molecule has 0 bridgehead atoms. The van der Waals surface area contributed by atoms with Gasteiger partial charge in [0.15, 0.2) is 6.10 Å². The van der Waals surface area contributed by atoms with Gasteiger partial charge in [-0.25, -0.2) is 20.0 Å². The van der Waals surface area contributed by atoms with Crippen LogP contribution in [0, 0.1) is 0 Å². The SMILES string of the molecule is CC(C)(C)OC(=O)NN(Cc1ccccc1)C(=O)C(O)C(Cc1ccccc1)N(Cc1ccccc1)C(=O)N1CCCC1=O. The summed E-state index contributed by atoms with van der Waals surface area (Å²) in [4.78, 5) is 56.2. The Hall–Kier alpha value is -4.70. The molecule has 0 radical (unpaired) electrons. The number of carbonyl (C=O) groups is 4. The molecule has 44 heavy (non-hydrogen) atoms. The van der Waals surface area contributed by atoms with Gasteiger partial charge in [0, 0.05) is 19.5 Å². The van der Waals surface area contributed by atoms with Crippen LogP contribution in [0.15, 0.2) is 91.0 Å². The Morgan fingerprint density at radius 3 is 1.89 bits per heavy atom. The molecule has 3 aromatic rings. The van der Waals surface area contributed by atoms with Gasteiger partial charge in [-0.15, -0.1) is 0 Å². The van der Waals surface area contributed by atoms with Gasteiger partial charge in [0.25, 0.3) is 5.91 Å². The summed E-state index contributed by atoms with van der Waals surface area (Å²) in [6.07, 6.45) is -1.74. The number of nitrogens with zero attached hydrogens (tertiary/aromatic N) is 3. The monoisotopic (exact) mass is 600 g/mol. The van der Waals surface area contributed by atoms with Crippen molar-refractivity contribution in [1.82, 2.24) is 20.2 Å². The van der Waals surface area contributed by atoms with Crippen LogP contribution in [-0.2, 0) is 33.8 Å². The van der Waals surface area contributed by atoms with Crippen molar-refractivity contribution in [2.75, 3.05) is 6.54 Å². The van der Waals surface area contributed by atoms with Crippen molar-refractivity contribution in [3.05, 3.63) is 108 Å². The number of amides is 5. The van der Waals surface area contributed by atoms with Gasteiger partial charge in [0.05, 0.1) is 12.6 Å². The molecule has 3 aromatic carbocycles. The lowest BCUT2D eigenvalue weighted by molar-refractivity contribution is -0.147. The average molecular weight is 601 g/mol. The van der Waals surface area contributed by atoms with E-state index in [9.17, 15) is 24.3 Å². The van der Waals surface area contributed by atoms with Crippen LogP contribution in [-0.4, -0.2) is 68.1 Å². The Morgan fingerprint density at radius 2 is 1.39 bits per heavy atom. The van der Waals surface area contributed by atoms with Crippen LogP contribution in [0.3, 0.4) is 0 Å². The number of aliphatic hydroxyl groups is 1. The molecule has 2 unspecified atom stereocenters. The van der Waals surface area contributed by atoms with E-state index in [-0.39, 0.29) is 38.4 Å². The van der Waals surface area contributed by atoms with Gasteiger partial charge >= 0.3 is 12.1 Å². The third kappa shape index (κ3) is 8.90. The fourth-order valence-corrected chi connectivity index (χ4v) is 5.03. The van der Waals surface area contributed by atoms with Gasteiger partial charge in [0.1, 0.15) is 5.60 Å². The summed E-state index contributed by atoms with van der Waals surface area (Å²) in [6, 6.07) is 25.7. The van der Waals surface area contributed by atoms with E-state index < -0.39 is 35.8 Å². The molecule has 1 saturated heterocycles. The zero-order valence-electron chi connectivity index (χ0n) is 25.4. The van der Waals surface area contributed by atoms with Crippen LogP contribution in [0.4, 0.5) is 9.59 Å². The number of imide groups is 1. The summed E-state index contributed by atoms with van der Waals surface area (Å²) < 4.78 is 5.40. The first-order chi connectivity index (χ1) is 21.0. The summed E-state index contributed by atoms with van der Waals surface area (Å²) >= 11 is 0. The molecule has 0 aromatic heterocycles. The maximum atomic E-state index is 14.1. The molecule has 1 aliphatic rings. The van der Waals surface area contributed by atoms with E-state index in [0.29, 0.717) is 12.0 Å². The van der Waals surface area contributed by atoms with Crippen molar-refractivity contribution in [3.8, 4) is 0 Å². The van der Waals surface area contributed by atoms with Crippen LogP contribution in [0.5, 0.6) is 0 Å². The lowest BCUT2D eigenvalue weighted by Gasteiger charge is -2.38. The molecule has 5 amide bonds. The maximum Gasteiger partial charge on any atom is 0.426 e. The van der Waals surface area contributed by atoms with E-state index in [1.54, 1.807) is 45.0 Å². The standard InChI is InChI=1S/C34H40N4O6/c1-34(2,3)44-32(42)35-38(24-27-18-11-6-12-19-27)31(41)30(40)28(22-25-14-7-4-8-15-25)37(23-26-16-9-5-10-17-26)33(43)36-21-13-20-29(36)39/h4-12,14-19,28,30,40H,13,20-24H2,1-3H3,(H,35,42). The van der Waals surface area contributed by atoms with Crippen LogP contribution in [0.1, 0.15) is 50.3 Å². The topological polar surface area (TPSA) is 119 Å². The minimum Gasteiger partial charge on any atom is -0.443 e. The predicted octanol–water partition coefficient (Wildman–Crippen LogP) is 4.67. The number of ether oxygens (including phenoxy) is 1. The van der Waals surface area contributed by atoms with Crippen LogP contribution in [0.25, 0.3) is 0 Å². The molecule has 232 valence electrons. The number of urea groups is 1. The first-order valence-corrected chi connectivity index (χ1v) is 14.7. The number of hydrogen-bond acceptors (Lipinski definition) is 6. The molecule has 1 aliphatic heterocycles. The first-order valence-electron chi connectivity index (χ1n) is 14.7. The van der Waals surface area contributed by atoms with Crippen molar-refractivity contribution in [1.29, 1.82) is 0 Å². The number of aliphatic hydroxyl groups excluding tert-OH is 1. The Labute approximate surface area is 258 Å². The molecular weight excluding hydrogens is 560 g/mol. The molecule has 10 nitrogen and oxygen atoms in total. The molecule has 10 heteroatoms. The van der Waals surface area contributed by atoms with E-state index >= 15 is 0 Å². The van der Waals surface area contributed by atoms with Gasteiger partial charge in [-0.1, -0.05) is 91.0 Å². The van der Waals surface area contributed by atoms with E-state index in [1.807, 2.05) is 66.7 Å². The molecule has 2 N–H and O–H groups in total. The number of nitrogens with one attached hydrogen (secondary N) is 1. The molecule has 0 saturated carbocycles. The highest BCUT2D eigenvalue weighted by Gasteiger charge is 2.40. The Kier molecular flexibility index (Phi) is 10.7. The summed E-state index contributed by atoms with van der Waals surface area (Å²) in [5.74, 6) is -1.14. The zero-order chi connectivity index (χ0) is 31.7. The molecular formula is C34H40N4O6. The summed E-state index contributed by atoms with van der Waals surface area (Å²) in [6.45, 7) is 5.34. The molecule has 2 atom stereocenters. The second kappa shape index (κ2) is 14.7. The number of hydrazine groups is 1. The fourth-order valence-electron chi connectivity index (χ4n) is 5.03. The number of rotatable bonds is 9. The Bertz CT molecular complexity index is 1410. The number of hydrogen-bond donors (Lipinski definition) is 2. The van der Waals surface area contributed by atoms with Crippen LogP contribution >= 0.6 is 0 Å². The highest BCUT2D eigenvalue weighted by atomic mass is 16.6. The normalized spacial score (nSPS) is 14.5.